The third-order valence-corrected chi connectivity index (χ3v) is 25.0. The van der Waals surface area contributed by atoms with Gasteiger partial charge in [0, 0.05) is 31.0 Å². The van der Waals surface area contributed by atoms with Gasteiger partial charge in [0.05, 0.1) is 6.10 Å². The van der Waals surface area contributed by atoms with Gasteiger partial charge in [0.1, 0.15) is 6.10 Å². The van der Waals surface area contributed by atoms with E-state index in [2.05, 4.69) is 169 Å². The van der Waals surface area contributed by atoms with Gasteiger partial charge < -0.3 is 18.4 Å². The number of hydrogen-bond acceptors (Lipinski definition) is 4. The second kappa shape index (κ2) is 17.4. The van der Waals surface area contributed by atoms with Gasteiger partial charge in [-0.15, -0.1) is 0 Å². The molecule has 4 nitrogen and oxygen atoms in total. The Balaban J connectivity index is 2.45. The molecule has 47 heavy (non-hydrogen) atoms. The first-order valence-electron chi connectivity index (χ1n) is 18.1. The summed E-state index contributed by atoms with van der Waals surface area (Å²) in [5.41, 5.74) is 0. The minimum atomic E-state index is -2.72. The highest BCUT2D eigenvalue weighted by Crippen LogP contribution is 2.39. The van der Waals surface area contributed by atoms with E-state index in [0.717, 1.165) is 18.1 Å². The number of benzene rings is 2. The van der Waals surface area contributed by atoms with Crippen molar-refractivity contribution in [3.05, 3.63) is 60.7 Å². The molecule has 0 heterocycles. The summed E-state index contributed by atoms with van der Waals surface area (Å²) >= 11 is 0. The van der Waals surface area contributed by atoms with Crippen LogP contribution >= 0.6 is 0 Å². The van der Waals surface area contributed by atoms with Crippen molar-refractivity contribution < 1.29 is 18.4 Å². The number of hydrogen-bond donors (Lipinski definition) is 1. The first-order chi connectivity index (χ1) is 21.8. The molecule has 0 amide bonds. The van der Waals surface area contributed by atoms with Gasteiger partial charge >= 0.3 is 0 Å². The number of aliphatic hydroxyl groups is 1. The van der Waals surface area contributed by atoms with Gasteiger partial charge in [-0.1, -0.05) is 149 Å². The quantitative estimate of drug-likeness (QED) is 0.140. The molecule has 0 aliphatic carbocycles. The van der Waals surface area contributed by atoms with E-state index in [1.807, 2.05) is 0 Å². The van der Waals surface area contributed by atoms with Crippen molar-refractivity contribution in [2.75, 3.05) is 13.2 Å². The van der Waals surface area contributed by atoms with Gasteiger partial charge in [0.15, 0.2) is 16.6 Å². The summed E-state index contributed by atoms with van der Waals surface area (Å²) in [5.74, 6) is 6.48. The summed E-state index contributed by atoms with van der Waals surface area (Å²) in [7, 11) is -6.59. The summed E-state index contributed by atoms with van der Waals surface area (Å²) in [5, 5.41) is 14.2. The molecule has 5 atom stereocenters. The molecule has 0 saturated heterocycles. The zero-order valence-electron chi connectivity index (χ0n) is 32.4. The molecule has 0 radical (unpaired) electrons. The van der Waals surface area contributed by atoms with E-state index in [4.69, 9.17) is 13.3 Å². The molecular formula is C40H68O4Si3. The monoisotopic (exact) mass is 696 g/mol. The van der Waals surface area contributed by atoms with Crippen LogP contribution in [0.1, 0.15) is 83.1 Å². The Morgan fingerprint density at radius 3 is 1.55 bits per heavy atom. The zero-order chi connectivity index (χ0) is 35.7. The summed E-state index contributed by atoms with van der Waals surface area (Å²) < 4.78 is 21.1. The van der Waals surface area contributed by atoms with Crippen molar-refractivity contribution in [3.8, 4) is 11.8 Å². The van der Waals surface area contributed by atoms with Crippen LogP contribution in [-0.2, 0) is 13.3 Å². The molecule has 0 unspecified atom stereocenters. The smallest absolute Gasteiger partial charge is 0.261 e. The lowest BCUT2D eigenvalue weighted by molar-refractivity contribution is 0.0101. The maximum Gasteiger partial charge on any atom is 0.261 e. The Morgan fingerprint density at radius 2 is 1.15 bits per heavy atom. The van der Waals surface area contributed by atoms with E-state index in [1.165, 1.54) is 10.4 Å². The second-order valence-corrected chi connectivity index (χ2v) is 30.2. The van der Waals surface area contributed by atoms with E-state index >= 15 is 0 Å². The number of aliphatic hydroxyl groups excluding tert-OH is 1. The van der Waals surface area contributed by atoms with Crippen LogP contribution in [0.2, 0.25) is 41.3 Å². The minimum absolute atomic E-state index is 0.0386. The topological polar surface area (TPSA) is 47.9 Å². The average Bonchev–Trinajstić information content (AvgIpc) is 3.03. The van der Waals surface area contributed by atoms with Gasteiger partial charge in [0.25, 0.3) is 8.32 Å². The van der Waals surface area contributed by atoms with Gasteiger partial charge in [-0.25, -0.2) is 0 Å². The van der Waals surface area contributed by atoms with Crippen LogP contribution in [0.4, 0.5) is 0 Å². The van der Waals surface area contributed by atoms with Gasteiger partial charge in [-0.05, 0) is 58.6 Å². The minimum Gasteiger partial charge on any atom is -0.416 e. The first-order valence-corrected chi connectivity index (χ1v) is 25.4. The predicted octanol–water partition coefficient (Wildman–Crippen LogP) is 9.25. The van der Waals surface area contributed by atoms with Gasteiger partial charge in [-0.3, -0.25) is 0 Å². The molecule has 0 spiro atoms. The van der Waals surface area contributed by atoms with E-state index < -0.39 is 31.1 Å². The van der Waals surface area contributed by atoms with Crippen LogP contribution in [0.15, 0.2) is 60.7 Å². The largest absolute Gasteiger partial charge is 0.416 e. The average molecular weight is 697 g/mol. The van der Waals surface area contributed by atoms with Crippen LogP contribution in [0.5, 0.6) is 0 Å². The van der Waals surface area contributed by atoms with Crippen LogP contribution in [0, 0.1) is 29.6 Å². The predicted molar refractivity (Wildman–Crippen MR) is 210 cm³/mol. The van der Waals surface area contributed by atoms with Crippen molar-refractivity contribution in [1.29, 1.82) is 0 Å². The van der Waals surface area contributed by atoms with Crippen LogP contribution in [0.3, 0.4) is 0 Å². The fraction of sp³-hybridized carbons (Fsp3) is 0.650. The Hall–Kier alpha value is -1.51. The fourth-order valence-electron chi connectivity index (χ4n) is 6.27. The van der Waals surface area contributed by atoms with Crippen LogP contribution in [0.25, 0.3) is 0 Å². The molecule has 264 valence electrons. The maximum atomic E-state index is 11.6. The summed E-state index contributed by atoms with van der Waals surface area (Å²) in [6.07, 6.45) is -0.981. The molecule has 2 aromatic carbocycles. The molecule has 0 bridgehead atoms. The Kier molecular flexibility index (Phi) is 15.4. The van der Waals surface area contributed by atoms with Crippen LogP contribution < -0.4 is 10.4 Å². The van der Waals surface area contributed by atoms with E-state index in [1.54, 1.807) is 0 Å². The molecule has 2 rings (SSSR count). The Bertz CT molecular complexity index is 1210. The van der Waals surface area contributed by atoms with Gasteiger partial charge in [0.2, 0.25) is 0 Å². The normalized spacial score (nSPS) is 16.5. The SMILES string of the molecule is CC[Si](CC)(CC)O[C@@H]([C@@H](C)[C@H](O)C#C[C@H](C)CO[Si](C)(C)C(C)(C)C)[C@@H](C)CO[Si](c1ccccc1)(c1ccccc1)C(C)(C)C. The lowest BCUT2D eigenvalue weighted by Crippen LogP contribution is -2.67. The molecule has 2 aromatic rings. The van der Waals surface area contributed by atoms with E-state index in [-0.39, 0.29) is 33.9 Å². The fourth-order valence-corrected chi connectivity index (χ4v) is 15.1. The lowest BCUT2D eigenvalue weighted by atomic mass is 9.90. The maximum absolute atomic E-state index is 11.6. The van der Waals surface area contributed by atoms with Crippen LogP contribution in [-0.4, -0.2) is 55.5 Å². The molecule has 0 aliphatic rings. The molecule has 0 saturated carbocycles. The van der Waals surface area contributed by atoms with Crippen molar-refractivity contribution in [1.82, 2.24) is 0 Å². The Labute approximate surface area is 292 Å². The first kappa shape index (κ1) is 41.7. The molecular weight excluding hydrogens is 629 g/mol. The molecule has 7 heteroatoms. The second-order valence-electron chi connectivity index (χ2n) is 16.3. The zero-order valence-corrected chi connectivity index (χ0v) is 35.4. The molecule has 0 aromatic heterocycles. The summed E-state index contributed by atoms with van der Waals surface area (Å²) in [6, 6.07) is 24.8. The highest BCUT2D eigenvalue weighted by Gasteiger charge is 2.51. The standard InChI is InChI=1S/C40H68O4Si3/c1-15-46(16-2,17-3)44-38(34(6)37(41)29-28-32(4)30-42-45(13,14)39(7,8)9)33(5)31-43-47(40(10,11)12,35-24-20-18-21-25-35)36-26-22-19-23-27-36/h18-27,32-34,37-38,41H,15-17,30-31H2,1-14H3/t32-,33-,34-,37+,38+/m0/s1. The van der Waals surface area contributed by atoms with Crippen molar-refractivity contribution in [2.45, 2.75) is 137 Å². The van der Waals surface area contributed by atoms with Crippen molar-refractivity contribution in [3.63, 3.8) is 0 Å². The van der Waals surface area contributed by atoms with Crippen molar-refractivity contribution >= 4 is 35.3 Å². The van der Waals surface area contributed by atoms with E-state index in [0.29, 0.717) is 13.2 Å². The molecule has 1 N–H and O–H groups in total. The lowest BCUT2D eigenvalue weighted by Gasteiger charge is -2.45. The summed E-state index contributed by atoms with van der Waals surface area (Å²) in [4.78, 5) is 0. The highest BCUT2D eigenvalue weighted by molar-refractivity contribution is 6.99. The highest BCUT2D eigenvalue weighted by atomic mass is 28.4. The molecule has 0 aliphatic heterocycles. The molecule has 0 fully saturated rings. The van der Waals surface area contributed by atoms with Crippen molar-refractivity contribution in [2.24, 2.45) is 17.8 Å². The third-order valence-electron chi connectivity index (χ3n) is 10.9. The van der Waals surface area contributed by atoms with E-state index in [9.17, 15) is 5.11 Å². The summed E-state index contributed by atoms with van der Waals surface area (Å²) in [6.45, 7) is 32.7. The van der Waals surface area contributed by atoms with Gasteiger partial charge in [-0.2, -0.15) is 0 Å². The number of rotatable bonds is 16. The Morgan fingerprint density at radius 1 is 0.681 bits per heavy atom. The third kappa shape index (κ3) is 10.5.